The number of halogens is 2. The standard InChI is InChI=1S/C14H17F2NO5S/c1-22-11-6-14(15,16)9-17(7-11)23(20,21)8-10-4-2-3-5-12(10)13(18)19/h2-5,11H,6-9H2,1H3,(H,18,19)/t11-/m1/s1. The predicted octanol–water partition coefficient (Wildman–Crippen LogP) is 1.57. The molecule has 1 atom stereocenters. The van der Waals surface area contributed by atoms with Crippen molar-refractivity contribution < 1.29 is 31.8 Å². The molecule has 0 unspecified atom stereocenters. The van der Waals surface area contributed by atoms with Crippen LogP contribution in [0.1, 0.15) is 22.3 Å². The SMILES string of the molecule is CO[C@H]1CN(S(=O)(=O)Cc2ccccc2C(=O)O)CC(F)(F)C1. The Morgan fingerprint density at radius 2 is 2.09 bits per heavy atom. The van der Waals surface area contributed by atoms with Gasteiger partial charge in [0.05, 0.1) is 24.0 Å². The first kappa shape index (κ1) is 17.8. The number of piperidine rings is 1. The fourth-order valence-electron chi connectivity index (χ4n) is 2.52. The molecule has 1 saturated heterocycles. The molecule has 0 saturated carbocycles. The molecule has 1 fully saturated rings. The van der Waals surface area contributed by atoms with E-state index in [0.717, 1.165) is 0 Å². The summed E-state index contributed by atoms with van der Waals surface area (Å²) in [6, 6.07) is 5.60. The molecule has 1 N–H and O–H groups in total. The molecule has 6 nitrogen and oxygen atoms in total. The molecule has 128 valence electrons. The van der Waals surface area contributed by atoms with Gasteiger partial charge in [0, 0.05) is 20.1 Å². The highest BCUT2D eigenvalue weighted by Crippen LogP contribution is 2.30. The highest BCUT2D eigenvalue weighted by molar-refractivity contribution is 7.88. The Hall–Kier alpha value is -1.58. The van der Waals surface area contributed by atoms with Crippen molar-refractivity contribution in [1.82, 2.24) is 4.31 Å². The lowest BCUT2D eigenvalue weighted by Crippen LogP contribution is -2.52. The Morgan fingerprint density at radius 1 is 1.43 bits per heavy atom. The molecule has 1 aromatic rings. The maximum Gasteiger partial charge on any atom is 0.335 e. The van der Waals surface area contributed by atoms with Crippen LogP contribution in [0, 0.1) is 0 Å². The van der Waals surface area contributed by atoms with Gasteiger partial charge in [-0.15, -0.1) is 0 Å². The molecule has 1 heterocycles. The van der Waals surface area contributed by atoms with E-state index in [4.69, 9.17) is 9.84 Å². The summed E-state index contributed by atoms with van der Waals surface area (Å²) in [4.78, 5) is 11.1. The van der Waals surface area contributed by atoms with Crippen LogP contribution in [0.15, 0.2) is 24.3 Å². The topological polar surface area (TPSA) is 83.9 Å². The van der Waals surface area contributed by atoms with E-state index in [-0.39, 0.29) is 17.7 Å². The lowest BCUT2D eigenvalue weighted by molar-refractivity contribution is -0.0969. The number of rotatable bonds is 5. The fraction of sp³-hybridized carbons (Fsp3) is 0.500. The van der Waals surface area contributed by atoms with Gasteiger partial charge in [0.2, 0.25) is 10.0 Å². The molecule has 1 aliphatic heterocycles. The molecule has 0 aromatic heterocycles. The van der Waals surface area contributed by atoms with Crippen molar-refractivity contribution in [3.05, 3.63) is 35.4 Å². The third-order valence-corrected chi connectivity index (χ3v) is 5.39. The number of benzene rings is 1. The monoisotopic (exact) mass is 349 g/mol. The van der Waals surface area contributed by atoms with Gasteiger partial charge >= 0.3 is 5.97 Å². The van der Waals surface area contributed by atoms with E-state index < -0.39 is 46.7 Å². The molecule has 1 aromatic carbocycles. The van der Waals surface area contributed by atoms with E-state index >= 15 is 0 Å². The van der Waals surface area contributed by atoms with Crippen LogP contribution < -0.4 is 0 Å². The number of hydrogen-bond acceptors (Lipinski definition) is 4. The minimum Gasteiger partial charge on any atom is -0.478 e. The maximum absolute atomic E-state index is 13.7. The number of aromatic carboxylic acids is 1. The van der Waals surface area contributed by atoms with Gasteiger partial charge in [-0.3, -0.25) is 0 Å². The quantitative estimate of drug-likeness (QED) is 0.872. The number of ether oxygens (including phenoxy) is 1. The van der Waals surface area contributed by atoms with E-state index in [2.05, 4.69) is 0 Å². The van der Waals surface area contributed by atoms with Crippen molar-refractivity contribution in [3.63, 3.8) is 0 Å². The molecular formula is C14H17F2NO5S. The summed E-state index contributed by atoms with van der Waals surface area (Å²) in [5, 5.41) is 9.09. The Bertz CT molecular complexity index is 692. The summed E-state index contributed by atoms with van der Waals surface area (Å²) in [7, 11) is -2.85. The zero-order valence-corrected chi connectivity index (χ0v) is 13.2. The molecule has 0 amide bonds. The van der Waals surface area contributed by atoms with Crippen molar-refractivity contribution in [2.24, 2.45) is 0 Å². The van der Waals surface area contributed by atoms with Crippen molar-refractivity contribution in [2.75, 3.05) is 20.2 Å². The van der Waals surface area contributed by atoms with Crippen LogP contribution in [-0.2, 0) is 20.5 Å². The normalized spacial score (nSPS) is 22.0. The molecule has 23 heavy (non-hydrogen) atoms. The van der Waals surface area contributed by atoms with Gasteiger partial charge in [-0.2, -0.15) is 4.31 Å². The smallest absolute Gasteiger partial charge is 0.335 e. The highest BCUT2D eigenvalue weighted by Gasteiger charge is 2.44. The number of sulfonamides is 1. The number of carbonyl (C=O) groups is 1. The van der Waals surface area contributed by atoms with Crippen molar-refractivity contribution >= 4 is 16.0 Å². The van der Waals surface area contributed by atoms with Crippen LogP contribution in [0.4, 0.5) is 8.78 Å². The minimum absolute atomic E-state index is 0.0582. The molecule has 9 heteroatoms. The fourth-order valence-corrected chi connectivity index (χ4v) is 4.13. The van der Waals surface area contributed by atoms with Crippen molar-refractivity contribution in [2.45, 2.75) is 24.2 Å². The van der Waals surface area contributed by atoms with Crippen LogP contribution in [0.25, 0.3) is 0 Å². The van der Waals surface area contributed by atoms with Crippen molar-refractivity contribution in [3.8, 4) is 0 Å². The summed E-state index contributed by atoms with van der Waals surface area (Å²) < 4.78 is 57.8. The first-order chi connectivity index (χ1) is 10.6. The van der Waals surface area contributed by atoms with Gasteiger partial charge in [-0.1, -0.05) is 18.2 Å². The lowest BCUT2D eigenvalue weighted by atomic mass is 10.1. The Labute approximate surface area is 132 Å². The minimum atomic E-state index is -4.10. The molecule has 0 radical (unpaired) electrons. The molecule has 0 bridgehead atoms. The van der Waals surface area contributed by atoms with Gasteiger partial charge in [0.15, 0.2) is 0 Å². The Kier molecular flexibility index (Phi) is 5.02. The van der Waals surface area contributed by atoms with Crippen molar-refractivity contribution in [1.29, 1.82) is 0 Å². The van der Waals surface area contributed by atoms with Gasteiger partial charge in [-0.05, 0) is 11.6 Å². The van der Waals surface area contributed by atoms with E-state index in [1.54, 1.807) is 0 Å². The number of alkyl halides is 2. The maximum atomic E-state index is 13.7. The number of carboxylic acid groups (broad SMARTS) is 1. The third kappa shape index (κ3) is 4.24. The average molecular weight is 349 g/mol. The lowest BCUT2D eigenvalue weighted by Gasteiger charge is -2.36. The number of hydrogen-bond donors (Lipinski definition) is 1. The first-order valence-corrected chi connectivity index (χ1v) is 8.45. The predicted molar refractivity (Wildman–Crippen MR) is 78.0 cm³/mol. The summed E-state index contributed by atoms with van der Waals surface area (Å²) in [6.45, 7) is -1.10. The van der Waals surface area contributed by atoms with E-state index in [9.17, 15) is 22.0 Å². The summed E-state index contributed by atoms with van der Waals surface area (Å²) in [5.41, 5.74) is -0.106. The third-order valence-electron chi connectivity index (χ3n) is 3.65. The molecular weight excluding hydrogens is 332 g/mol. The van der Waals surface area contributed by atoms with Crippen LogP contribution in [0.2, 0.25) is 0 Å². The Balaban J connectivity index is 2.27. The van der Waals surface area contributed by atoms with E-state index in [1.807, 2.05) is 0 Å². The van der Waals surface area contributed by atoms with Gasteiger partial charge in [0.1, 0.15) is 0 Å². The zero-order valence-electron chi connectivity index (χ0n) is 12.4. The molecule has 2 rings (SSSR count). The average Bonchev–Trinajstić information content (AvgIpc) is 2.45. The summed E-state index contributed by atoms with van der Waals surface area (Å²) in [5.74, 6) is -5.10. The van der Waals surface area contributed by atoms with Gasteiger partial charge in [0.25, 0.3) is 5.92 Å². The second kappa shape index (κ2) is 6.50. The van der Waals surface area contributed by atoms with E-state index in [0.29, 0.717) is 4.31 Å². The second-order valence-electron chi connectivity index (χ2n) is 5.43. The van der Waals surface area contributed by atoms with Crippen LogP contribution >= 0.6 is 0 Å². The van der Waals surface area contributed by atoms with Crippen LogP contribution in [0.5, 0.6) is 0 Å². The molecule has 0 aliphatic carbocycles. The first-order valence-electron chi connectivity index (χ1n) is 6.84. The largest absolute Gasteiger partial charge is 0.478 e. The molecule has 0 spiro atoms. The van der Waals surface area contributed by atoms with Crippen LogP contribution in [-0.4, -0.2) is 56.0 Å². The van der Waals surface area contributed by atoms with E-state index in [1.165, 1.54) is 31.4 Å². The number of nitrogens with zero attached hydrogens (tertiary/aromatic N) is 1. The molecule has 1 aliphatic rings. The Morgan fingerprint density at radius 3 is 2.70 bits per heavy atom. The van der Waals surface area contributed by atoms with Gasteiger partial charge in [-0.25, -0.2) is 22.0 Å². The zero-order chi connectivity index (χ0) is 17.3. The highest BCUT2D eigenvalue weighted by atomic mass is 32.2. The van der Waals surface area contributed by atoms with Crippen LogP contribution in [0.3, 0.4) is 0 Å². The number of carboxylic acids is 1. The number of methoxy groups -OCH3 is 1. The summed E-state index contributed by atoms with van der Waals surface area (Å²) >= 11 is 0. The van der Waals surface area contributed by atoms with Gasteiger partial charge < -0.3 is 9.84 Å². The summed E-state index contributed by atoms with van der Waals surface area (Å²) in [6.07, 6.45) is -1.44. The second-order valence-corrected chi connectivity index (χ2v) is 7.40.